The summed E-state index contributed by atoms with van der Waals surface area (Å²) in [6.45, 7) is 20.6. The third kappa shape index (κ3) is 3.25. The highest BCUT2D eigenvalue weighted by atomic mass is 28.4. The van der Waals surface area contributed by atoms with Crippen molar-refractivity contribution in [3.63, 3.8) is 0 Å². The highest BCUT2D eigenvalue weighted by Gasteiger charge is 2.66. The summed E-state index contributed by atoms with van der Waals surface area (Å²) in [5.41, 5.74) is 0.126. The van der Waals surface area contributed by atoms with Crippen LogP contribution in [0.1, 0.15) is 51.7 Å². The van der Waals surface area contributed by atoms with Crippen LogP contribution in [0.15, 0.2) is 30.5 Å². The molecule has 2 unspecified atom stereocenters. The van der Waals surface area contributed by atoms with Crippen LogP contribution in [0.5, 0.6) is 11.8 Å². The van der Waals surface area contributed by atoms with E-state index in [0.29, 0.717) is 52.9 Å². The van der Waals surface area contributed by atoms with Gasteiger partial charge in [-0.2, -0.15) is 0 Å². The molecule has 36 heavy (non-hydrogen) atoms. The number of aromatic nitrogens is 2. The first-order valence-corrected chi connectivity index (χ1v) is 15.1. The maximum Gasteiger partial charge on any atom is 0.213 e. The Bertz CT molecular complexity index is 1420. The molecule has 1 aromatic carbocycles. The van der Waals surface area contributed by atoms with Gasteiger partial charge in [0.1, 0.15) is 11.2 Å². The highest BCUT2D eigenvalue weighted by Crippen LogP contribution is 2.65. The van der Waals surface area contributed by atoms with Crippen LogP contribution < -0.4 is 0 Å². The van der Waals surface area contributed by atoms with Crippen LogP contribution in [-0.2, 0) is 20.4 Å². The molecule has 3 atom stereocenters. The van der Waals surface area contributed by atoms with Gasteiger partial charge in [-0.3, -0.25) is 9.55 Å². The maximum absolute atomic E-state index is 11.6. The Hall–Kier alpha value is -2.90. The zero-order valence-electron chi connectivity index (χ0n) is 21.6. The normalized spacial score (nSPS) is 25.3. The van der Waals surface area contributed by atoms with E-state index in [2.05, 4.69) is 43.7 Å². The van der Waals surface area contributed by atoms with Gasteiger partial charge in [0.25, 0.3) is 0 Å². The van der Waals surface area contributed by atoms with Gasteiger partial charge >= 0.3 is 0 Å². The van der Waals surface area contributed by atoms with Crippen molar-refractivity contribution in [2.75, 3.05) is 6.61 Å². The summed E-state index contributed by atoms with van der Waals surface area (Å²) in [6.07, 6.45) is 1.50. The molecule has 2 aliphatic heterocycles. The predicted octanol–water partition coefficient (Wildman–Crippen LogP) is 5.60. The highest BCUT2D eigenvalue weighted by molar-refractivity contribution is 6.74. The molecule has 2 aromatic heterocycles. The van der Waals surface area contributed by atoms with Gasteiger partial charge in [-0.25, -0.2) is 4.85 Å². The third-order valence-corrected chi connectivity index (χ3v) is 13.0. The van der Waals surface area contributed by atoms with Gasteiger partial charge < -0.3 is 24.5 Å². The Morgan fingerprint density at radius 2 is 1.92 bits per heavy atom. The van der Waals surface area contributed by atoms with Gasteiger partial charge in [0.2, 0.25) is 17.4 Å². The van der Waals surface area contributed by atoms with Crippen LogP contribution in [0, 0.1) is 6.57 Å². The summed E-state index contributed by atoms with van der Waals surface area (Å²) in [5, 5.41) is 34.7. The second-order valence-corrected chi connectivity index (χ2v) is 16.4. The molecule has 0 radical (unpaired) electrons. The molecule has 1 saturated heterocycles. The minimum absolute atomic E-state index is 0.0480. The Morgan fingerprint density at radius 3 is 2.58 bits per heavy atom. The summed E-state index contributed by atoms with van der Waals surface area (Å²) in [4.78, 5) is 7.91. The average Bonchev–Trinajstić information content (AvgIpc) is 3.33. The van der Waals surface area contributed by atoms with Crippen LogP contribution in [0.4, 0.5) is 5.69 Å². The molecule has 190 valence electrons. The number of hydrogen-bond donors (Lipinski definition) is 3. The molecular formula is C27H33N3O5Si. The lowest BCUT2D eigenvalue weighted by Gasteiger charge is -2.37. The molecule has 8 nitrogen and oxygen atoms in total. The monoisotopic (exact) mass is 507 g/mol. The fourth-order valence-corrected chi connectivity index (χ4v) is 6.51. The Morgan fingerprint density at radius 1 is 1.22 bits per heavy atom. The number of pyridine rings is 1. The quantitative estimate of drug-likeness (QED) is 0.307. The number of ether oxygens (including phenoxy) is 1. The lowest BCUT2D eigenvalue weighted by Crippen LogP contribution is -2.42. The van der Waals surface area contributed by atoms with Gasteiger partial charge in [-0.1, -0.05) is 32.9 Å². The van der Waals surface area contributed by atoms with Crippen LogP contribution in [0.2, 0.25) is 18.1 Å². The number of aliphatic hydroxyl groups is 1. The maximum atomic E-state index is 11.6. The van der Waals surface area contributed by atoms with Gasteiger partial charge in [0.05, 0.1) is 35.0 Å². The van der Waals surface area contributed by atoms with E-state index in [1.807, 2.05) is 0 Å². The number of aliphatic hydroxyl groups excluding tert-OH is 1. The van der Waals surface area contributed by atoms with E-state index in [0.717, 1.165) is 0 Å². The van der Waals surface area contributed by atoms with Crippen molar-refractivity contribution < 1.29 is 24.5 Å². The summed E-state index contributed by atoms with van der Waals surface area (Å²) < 4.78 is 14.2. The van der Waals surface area contributed by atoms with Gasteiger partial charge in [0, 0.05) is 31.0 Å². The standard InChI is InChI=1S/C27H33N3O5Si/c1-25(2,3)36(6,7)34-14-12-27-15-19(31)26(4,35-27)20-21(27)24(33)30(23(20)32)18-11-10-17(28-5)22-16(18)9-8-13-29-22/h8-11,13,19,31-33H,12,14-15H2,1-4,6-7H3/t19-,26?,27?/m1/s1. The van der Waals surface area contributed by atoms with E-state index >= 15 is 0 Å². The summed E-state index contributed by atoms with van der Waals surface area (Å²) in [5.74, 6) is -0.317. The smallest absolute Gasteiger partial charge is 0.213 e. The van der Waals surface area contributed by atoms with E-state index in [4.69, 9.17) is 15.7 Å². The van der Waals surface area contributed by atoms with Crippen molar-refractivity contribution in [2.24, 2.45) is 0 Å². The number of nitrogens with zero attached hydrogens (tertiary/aromatic N) is 3. The number of hydrogen-bond acceptors (Lipinski definition) is 6. The molecule has 5 rings (SSSR count). The van der Waals surface area contributed by atoms with Crippen molar-refractivity contribution in [3.05, 3.63) is 53.0 Å². The van der Waals surface area contributed by atoms with Crippen molar-refractivity contribution in [1.82, 2.24) is 9.55 Å². The van der Waals surface area contributed by atoms with Crippen LogP contribution >= 0.6 is 0 Å². The molecular weight excluding hydrogens is 474 g/mol. The van der Waals surface area contributed by atoms with Crippen LogP contribution in [0.25, 0.3) is 21.4 Å². The summed E-state index contributed by atoms with van der Waals surface area (Å²) >= 11 is 0. The largest absolute Gasteiger partial charge is 0.494 e. The zero-order chi connectivity index (χ0) is 26.3. The SMILES string of the molecule is [C-]#[N+]c1ccc(-n2c(O)c3c(c2O)C2(C)OC3(CCO[Si](C)(C)C(C)(C)C)C[C@H]2O)c2cccnc12. The molecule has 0 amide bonds. The second kappa shape index (κ2) is 7.80. The molecule has 1 fully saturated rings. The van der Waals surface area contributed by atoms with Crippen molar-refractivity contribution in [3.8, 4) is 17.4 Å². The van der Waals surface area contributed by atoms with Gasteiger partial charge in [-0.05, 0) is 37.2 Å². The van der Waals surface area contributed by atoms with Crippen LogP contribution in [0.3, 0.4) is 0 Å². The summed E-state index contributed by atoms with van der Waals surface area (Å²) in [7, 11) is -2.01. The van der Waals surface area contributed by atoms with Gasteiger partial charge in [0.15, 0.2) is 8.32 Å². The molecule has 2 aliphatic rings. The first-order valence-electron chi connectivity index (χ1n) is 12.2. The van der Waals surface area contributed by atoms with Gasteiger partial charge in [-0.15, -0.1) is 0 Å². The van der Waals surface area contributed by atoms with E-state index in [1.54, 1.807) is 37.4 Å². The van der Waals surface area contributed by atoms with Crippen molar-refractivity contribution in [2.45, 2.75) is 76.0 Å². The fourth-order valence-electron chi connectivity index (χ4n) is 5.46. The number of fused-ring (bicyclic) bond motifs is 6. The molecule has 0 spiro atoms. The number of aromatic hydroxyl groups is 2. The molecule has 3 N–H and O–H groups in total. The first kappa shape index (κ1) is 24.8. The third-order valence-electron chi connectivity index (χ3n) is 8.50. The molecule has 0 aliphatic carbocycles. The second-order valence-electron chi connectivity index (χ2n) is 11.6. The summed E-state index contributed by atoms with van der Waals surface area (Å²) in [6, 6.07) is 6.89. The van der Waals surface area contributed by atoms with E-state index < -0.39 is 25.6 Å². The predicted molar refractivity (Wildman–Crippen MR) is 139 cm³/mol. The Labute approximate surface area is 212 Å². The zero-order valence-corrected chi connectivity index (χ0v) is 22.6. The number of benzene rings is 1. The average molecular weight is 508 g/mol. The minimum atomic E-state index is -2.01. The molecule has 3 aromatic rings. The fraction of sp³-hybridized carbons (Fsp3) is 0.481. The Balaban J connectivity index is 1.63. The van der Waals surface area contributed by atoms with Crippen molar-refractivity contribution in [1.29, 1.82) is 0 Å². The molecule has 4 heterocycles. The molecule has 9 heteroatoms. The van der Waals surface area contributed by atoms with Crippen LogP contribution in [-0.4, -0.2) is 45.9 Å². The first-order chi connectivity index (χ1) is 16.8. The topological polar surface area (TPSA) is 101 Å². The van der Waals surface area contributed by atoms with Crippen molar-refractivity contribution >= 4 is 24.9 Å². The lowest BCUT2D eigenvalue weighted by molar-refractivity contribution is -0.107. The van der Waals surface area contributed by atoms with E-state index in [-0.39, 0.29) is 16.8 Å². The number of rotatable bonds is 5. The Kier molecular flexibility index (Phi) is 5.37. The lowest BCUT2D eigenvalue weighted by atomic mass is 9.76. The van der Waals surface area contributed by atoms with E-state index in [1.165, 1.54) is 4.57 Å². The molecule has 0 saturated carbocycles. The minimum Gasteiger partial charge on any atom is -0.494 e. The molecule has 2 bridgehead atoms. The van der Waals surface area contributed by atoms with E-state index in [9.17, 15) is 15.3 Å².